The van der Waals surface area contributed by atoms with Crippen molar-refractivity contribution in [2.45, 2.75) is 26.4 Å². The summed E-state index contributed by atoms with van der Waals surface area (Å²) >= 11 is 0. The lowest BCUT2D eigenvalue weighted by Gasteiger charge is -2.24. The van der Waals surface area contributed by atoms with E-state index in [1.807, 2.05) is 0 Å². The molecule has 0 saturated carbocycles. The topological polar surface area (TPSA) is 97.6 Å². The quantitative estimate of drug-likeness (QED) is 0.911. The highest BCUT2D eigenvalue weighted by molar-refractivity contribution is 5.99. The van der Waals surface area contributed by atoms with Crippen LogP contribution in [-0.4, -0.2) is 44.4 Å². The van der Waals surface area contributed by atoms with Crippen LogP contribution in [0.4, 0.5) is 10.6 Å². The summed E-state index contributed by atoms with van der Waals surface area (Å²) in [5.41, 5.74) is 0.166. The standard InChI is InChI=1S/C14H18N4O4/c1-14(2,3)22-13(21)18(5)11-10-9(17(4)7-15-10)6-8(16-11)12(19)20/h6-7H,1-5H3,(H,19,20). The zero-order chi connectivity index (χ0) is 16.7. The molecule has 8 heteroatoms. The summed E-state index contributed by atoms with van der Waals surface area (Å²) < 4.78 is 6.94. The number of imidazole rings is 1. The Morgan fingerprint density at radius 3 is 2.55 bits per heavy atom. The number of rotatable bonds is 2. The van der Waals surface area contributed by atoms with Crippen LogP contribution in [0.1, 0.15) is 31.3 Å². The summed E-state index contributed by atoms with van der Waals surface area (Å²) in [7, 11) is 3.20. The van der Waals surface area contributed by atoms with Gasteiger partial charge in [-0.15, -0.1) is 0 Å². The molecule has 0 aliphatic rings. The van der Waals surface area contributed by atoms with Crippen molar-refractivity contribution in [3.05, 3.63) is 18.1 Å². The van der Waals surface area contributed by atoms with E-state index in [9.17, 15) is 14.7 Å². The summed E-state index contributed by atoms with van der Waals surface area (Å²) in [6.45, 7) is 5.24. The number of carbonyl (C=O) groups excluding carboxylic acids is 1. The number of aryl methyl sites for hydroxylation is 1. The number of carbonyl (C=O) groups is 2. The monoisotopic (exact) mass is 306 g/mol. The summed E-state index contributed by atoms with van der Waals surface area (Å²) in [4.78, 5) is 32.7. The molecule has 0 fully saturated rings. The van der Waals surface area contributed by atoms with Crippen molar-refractivity contribution in [2.75, 3.05) is 11.9 Å². The van der Waals surface area contributed by atoms with Crippen LogP contribution in [0, 0.1) is 0 Å². The summed E-state index contributed by atoms with van der Waals surface area (Å²) in [5.74, 6) is -1.04. The second-order valence-electron chi connectivity index (χ2n) is 5.90. The van der Waals surface area contributed by atoms with E-state index in [2.05, 4.69) is 9.97 Å². The number of hydrogen-bond donors (Lipinski definition) is 1. The van der Waals surface area contributed by atoms with Crippen LogP contribution >= 0.6 is 0 Å². The van der Waals surface area contributed by atoms with Crippen LogP contribution in [0.3, 0.4) is 0 Å². The number of amides is 1. The van der Waals surface area contributed by atoms with Gasteiger partial charge < -0.3 is 14.4 Å². The highest BCUT2D eigenvalue weighted by Crippen LogP contribution is 2.25. The van der Waals surface area contributed by atoms with Crippen molar-refractivity contribution in [3.63, 3.8) is 0 Å². The van der Waals surface area contributed by atoms with E-state index in [-0.39, 0.29) is 11.5 Å². The van der Waals surface area contributed by atoms with Gasteiger partial charge in [-0.2, -0.15) is 0 Å². The van der Waals surface area contributed by atoms with Gasteiger partial charge in [0.1, 0.15) is 11.1 Å². The molecule has 0 radical (unpaired) electrons. The van der Waals surface area contributed by atoms with Gasteiger partial charge in [0.05, 0.1) is 11.8 Å². The predicted molar refractivity (Wildman–Crippen MR) is 80.1 cm³/mol. The van der Waals surface area contributed by atoms with Crippen molar-refractivity contribution in [2.24, 2.45) is 7.05 Å². The summed E-state index contributed by atoms with van der Waals surface area (Å²) in [6, 6.07) is 1.41. The number of fused-ring (bicyclic) bond motifs is 1. The molecular weight excluding hydrogens is 288 g/mol. The number of carboxylic acids is 1. The zero-order valence-electron chi connectivity index (χ0n) is 13.1. The van der Waals surface area contributed by atoms with Gasteiger partial charge in [-0.25, -0.2) is 19.6 Å². The first-order valence-corrected chi connectivity index (χ1v) is 6.62. The number of aromatic nitrogens is 3. The molecule has 0 atom stereocenters. The van der Waals surface area contributed by atoms with Crippen LogP contribution in [0.15, 0.2) is 12.4 Å². The second kappa shape index (κ2) is 5.28. The molecular formula is C14H18N4O4. The van der Waals surface area contributed by atoms with Crippen molar-refractivity contribution < 1.29 is 19.4 Å². The lowest BCUT2D eigenvalue weighted by atomic mass is 10.2. The molecule has 22 heavy (non-hydrogen) atoms. The van der Waals surface area contributed by atoms with Gasteiger partial charge in [0.15, 0.2) is 11.5 Å². The number of pyridine rings is 1. The lowest BCUT2D eigenvalue weighted by Crippen LogP contribution is -2.35. The van der Waals surface area contributed by atoms with Gasteiger partial charge in [0.25, 0.3) is 0 Å². The van der Waals surface area contributed by atoms with E-state index in [1.54, 1.807) is 32.4 Å². The minimum absolute atomic E-state index is 0.143. The number of aromatic carboxylic acids is 1. The molecule has 0 saturated heterocycles. The third-order valence-corrected chi connectivity index (χ3v) is 2.90. The van der Waals surface area contributed by atoms with E-state index < -0.39 is 17.7 Å². The second-order valence-corrected chi connectivity index (χ2v) is 5.90. The molecule has 2 aromatic heterocycles. The van der Waals surface area contributed by atoms with E-state index in [0.717, 1.165) is 4.90 Å². The highest BCUT2D eigenvalue weighted by Gasteiger charge is 2.25. The maximum absolute atomic E-state index is 12.2. The summed E-state index contributed by atoms with van der Waals surface area (Å²) in [6.07, 6.45) is 0.902. The molecule has 2 heterocycles. The van der Waals surface area contributed by atoms with Crippen LogP contribution in [0.5, 0.6) is 0 Å². The molecule has 0 aliphatic heterocycles. The molecule has 2 rings (SSSR count). The fraction of sp³-hybridized carbons (Fsp3) is 0.429. The van der Waals surface area contributed by atoms with E-state index in [4.69, 9.17) is 4.74 Å². The minimum atomic E-state index is -1.18. The maximum atomic E-state index is 12.2. The number of ether oxygens (including phenoxy) is 1. The van der Waals surface area contributed by atoms with Crippen LogP contribution in [0.25, 0.3) is 11.0 Å². The van der Waals surface area contributed by atoms with Gasteiger partial charge in [-0.3, -0.25) is 4.90 Å². The normalized spacial score (nSPS) is 11.5. The Hall–Kier alpha value is -2.64. The molecule has 0 unspecified atom stereocenters. The van der Waals surface area contributed by atoms with Gasteiger partial charge in [0.2, 0.25) is 0 Å². The van der Waals surface area contributed by atoms with Gasteiger partial charge >= 0.3 is 12.1 Å². The third-order valence-electron chi connectivity index (χ3n) is 2.90. The van der Waals surface area contributed by atoms with Crippen molar-refractivity contribution in [1.29, 1.82) is 0 Å². The summed E-state index contributed by atoms with van der Waals surface area (Å²) in [5, 5.41) is 9.18. The Labute approximate surface area is 127 Å². The number of carboxylic acid groups (broad SMARTS) is 1. The van der Waals surface area contributed by atoms with Crippen LogP contribution in [-0.2, 0) is 11.8 Å². The SMILES string of the molecule is CN(C(=O)OC(C)(C)C)c1nc(C(=O)O)cc2c1ncn2C. The molecule has 0 spiro atoms. The van der Waals surface area contributed by atoms with Crippen LogP contribution < -0.4 is 4.90 Å². The molecule has 1 amide bonds. The third kappa shape index (κ3) is 3.00. The molecule has 0 aromatic carbocycles. The minimum Gasteiger partial charge on any atom is -0.477 e. The lowest BCUT2D eigenvalue weighted by molar-refractivity contribution is 0.0586. The average molecular weight is 306 g/mol. The number of hydrogen-bond acceptors (Lipinski definition) is 5. The zero-order valence-corrected chi connectivity index (χ0v) is 13.1. The van der Waals surface area contributed by atoms with Crippen LogP contribution in [0.2, 0.25) is 0 Å². The first kappa shape index (κ1) is 15.7. The molecule has 0 aliphatic carbocycles. The Morgan fingerprint density at radius 1 is 1.36 bits per heavy atom. The van der Waals surface area contributed by atoms with E-state index >= 15 is 0 Å². The van der Waals surface area contributed by atoms with Crippen molar-refractivity contribution >= 4 is 28.9 Å². The molecule has 0 bridgehead atoms. The molecule has 2 aromatic rings. The maximum Gasteiger partial charge on any atom is 0.415 e. The first-order valence-electron chi connectivity index (χ1n) is 6.62. The number of anilines is 1. The van der Waals surface area contributed by atoms with Gasteiger partial charge in [0, 0.05) is 14.1 Å². The van der Waals surface area contributed by atoms with Crippen molar-refractivity contribution in [3.8, 4) is 0 Å². The van der Waals surface area contributed by atoms with Crippen molar-refractivity contribution in [1.82, 2.24) is 14.5 Å². The fourth-order valence-corrected chi connectivity index (χ4v) is 1.87. The Balaban J connectivity index is 2.53. The Morgan fingerprint density at radius 2 is 2.00 bits per heavy atom. The number of nitrogens with zero attached hydrogens (tertiary/aromatic N) is 4. The Kier molecular flexibility index (Phi) is 3.78. The highest BCUT2D eigenvalue weighted by atomic mass is 16.6. The van der Waals surface area contributed by atoms with E-state index in [1.165, 1.54) is 19.4 Å². The van der Waals surface area contributed by atoms with E-state index in [0.29, 0.717) is 11.0 Å². The molecule has 118 valence electrons. The average Bonchev–Trinajstić information content (AvgIpc) is 2.76. The smallest absolute Gasteiger partial charge is 0.415 e. The predicted octanol–water partition coefficient (Wildman–Crippen LogP) is 2.04. The molecule has 1 N–H and O–H groups in total. The van der Waals surface area contributed by atoms with Gasteiger partial charge in [-0.1, -0.05) is 0 Å². The largest absolute Gasteiger partial charge is 0.477 e. The van der Waals surface area contributed by atoms with Gasteiger partial charge in [-0.05, 0) is 26.8 Å². The first-order chi connectivity index (χ1) is 10.1. The Bertz CT molecular complexity index is 745. The fourth-order valence-electron chi connectivity index (χ4n) is 1.87. The molecule has 8 nitrogen and oxygen atoms in total.